The van der Waals surface area contributed by atoms with E-state index >= 15 is 0 Å². The molecule has 6 aliphatic carbocycles. The summed E-state index contributed by atoms with van der Waals surface area (Å²) in [6, 6.07) is 15.9. The number of rotatable bonds is 18. The van der Waals surface area contributed by atoms with Crippen molar-refractivity contribution in [1.29, 1.82) is 0 Å². The van der Waals surface area contributed by atoms with Gasteiger partial charge in [0.05, 0.1) is 79.1 Å². The van der Waals surface area contributed by atoms with Gasteiger partial charge in [0.2, 0.25) is 0 Å². The molecule has 6 saturated carbocycles. The lowest BCUT2D eigenvalue weighted by Crippen LogP contribution is -1.97. The highest BCUT2D eigenvalue weighted by molar-refractivity contribution is 8.00. The Morgan fingerprint density at radius 1 is 0.404 bits per heavy atom. The number of sulfone groups is 2. The average molecular weight is 1610 g/mol. The summed E-state index contributed by atoms with van der Waals surface area (Å²) in [5, 5.41) is 5.79. The van der Waals surface area contributed by atoms with Crippen molar-refractivity contribution in [2.75, 3.05) is 38.4 Å². The molecule has 12 aromatic rings. The first-order valence-electron chi connectivity index (χ1n) is 33.1. The molecule has 104 heavy (non-hydrogen) atoms. The molecular formula is C72H69F3N12O6S11. The topological polar surface area (TPSA) is 249 Å². The highest BCUT2D eigenvalue weighted by Gasteiger charge is 2.37. The molecule has 1 atom stereocenters. The summed E-state index contributed by atoms with van der Waals surface area (Å²) in [6.45, 7) is 0. The second-order valence-corrected chi connectivity index (χ2v) is 39.4. The predicted molar refractivity (Wildman–Crippen MR) is 412 cm³/mol. The minimum absolute atomic E-state index is 0.233. The summed E-state index contributed by atoms with van der Waals surface area (Å²) < 4.78 is 108. The average Bonchev–Trinajstić information content (AvgIpc) is 1.63. The largest absolute Gasteiger partial charge is 0.486 e. The summed E-state index contributed by atoms with van der Waals surface area (Å²) >= 11 is 12.3. The van der Waals surface area contributed by atoms with Gasteiger partial charge in [-0.2, -0.15) is 0 Å². The Morgan fingerprint density at radius 3 is 1.04 bits per heavy atom. The first kappa shape index (κ1) is 75.3. The van der Waals surface area contributed by atoms with Gasteiger partial charge >= 0.3 is 0 Å². The van der Waals surface area contributed by atoms with Crippen LogP contribution < -0.4 is 4.74 Å². The molecule has 6 fully saturated rings. The summed E-state index contributed by atoms with van der Waals surface area (Å²) in [7, 11) is -5.78. The minimum atomic E-state index is -3.29. The van der Waals surface area contributed by atoms with Crippen molar-refractivity contribution < 1.29 is 39.0 Å². The molecule has 6 aliphatic rings. The number of hydrogen-bond acceptors (Lipinski definition) is 26. The lowest BCUT2D eigenvalue weighted by Gasteiger charge is -1.95. The normalized spacial score (nSPS) is 15.7. The Balaban J connectivity index is 0.000000111. The maximum absolute atomic E-state index is 13.2. The van der Waals surface area contributed by atoms with Crippen LogP contribution in [0.1, 0.15) is 147 Å². The van der Waals surface area contributed by atoms with Gasteiger partial charge in [-0.1, -0.05) is 11.3 Å². The van der Waals surface area contributed by atoms with E-state index < -0.39 is 36.3 Å². The molecule has 32 heteroatoms. The van der Waals surface area contributed by atoms with E-state index in [4.69, 9.17) is 9.72 Å². The Hall–Kier alpha value is -6.98. The lowest BCUT2D eigenvalue weighted by atomic mass is 10.3. The van der Waals surface area contributed by atoms with Crippen LogP contribution in [0.2, 0.25) is 0 Å². The van der Waals surface area contributed by atoms with Gasteiger partial charge in [-0.25, -0.2) is 59.9 Å². The third-order valence-electron chi connectivity index (χ3n) is 16.6. The number of ether oxygens (including phenoxy) is 1. The molecule has 0 bridgehead atoms. The van der Waals surface area contributed by atoms with E-state index in [1.54, 1.807) is 91.2 Å². The van der Waals surface area contributed by atoms with Crippen molar-refractivity contribution in [3.63, 3.8) is 0 Å². The molecule has 12 aromatic heterocycles. The van der Waals surface area contributed by atoms with Crippen molar-refractivity contribution in [1.82, 2.24) is 59.8 Å². The summed E-state index contributed by atoms with van der Waals surface area (Å²) in [4.78, 5) is 51.3. The third-order valence-corrected chi connectivity index (χ3v) is 30.7. The number of halogens is 3. The molecule has 18 rings (SSSR count). The van der Waals surface area contributed by atoms with Gasteiger partial charge in [-0.3, -0.25) is 34.1 Å². The fourth-order valence-electron chi connectivity index (χ4n) is 10.6. The molecule has 540 valence electrons. The number of thioether (sulfide) groups is 2. The number of hydrogen-bond donors (Lipinski definition) is 0. The summed E-state index contributed by atoms with van der Waals surface area (Å²) in [6.07, 6.45) is 41.1. The molecule has 18 nitrogen and oxygen atoms in total. The first-order chi connectivity index (χ1) is 50.2. The van der Waals surface area contributed by atoms with Gasteiger partial charge in [-0.05, 0) is 144 Å². The van der Waals surface area contributed by atoms with E-state index in [9.17, 15) is 34.2 Å². The van der Waals surface area contributed by atoms with Gasteiger partial charge in [0, 0.05) is 143 Å². The second kappa shape index (κ2) is 33.4. The number of nitrogens with zero attached hydrogens (tertiary/aromatic N) is 12. The number of pyridine rings is 6. The SMILES string of the molecule is COc1sc(-c2cncc(F)c2)nc1C1CC1.CS(=O)(=O)c1sc(-c2cccnc2)nc1C1CC1.CS(=O)(=O)c1sc(-c2cncc(F)c2)nc1C1CC1.CS(=O)c1sc(-c2cccnc2)nc1C1CC1.CSc1sc(-c2cccnc2)nc1C1CC1.CSc1sc(-c2cncc(F)c2)nc1C1CC1. The molecule has 0 radical (unpaired) electrons. The standard InChI is InChI=1S/C12H11FN2O2S2.C12H11FN2OS.C12H11FN2S2.C12H12N2O2S2.C12H12N2OS2.C12H12N2S2/c1-19(16,17)12-10(7-2-3-7)15-11(18-12)8-4-9(13)6-14-5-8;2*1-16-12-10(7-2-3-7)15-11(17-12)8-4-9(13)6-14-5-8;1-18(15,16)12-10(8-4-5-8)14-11(17-12)9-3-2-6-13-7-9;1-17(15)12-10(8-4-5-8)14-11(16-12)9-3-2-6-13-7-9;1-15-12-10(8-4-5-8)14-11(16-12)9-3-2-6-13-7-9/h4-7H,2-3H2,1H3;2*4-7H,2-3H2,1H3;2-3,6-8H,4-5H2,1H3;2-3,6-8H,4-5H2,1H3;2-3,6-8H,4-5H2,1H3. The fraction of sp³-hybridized carbons (Fsp3) is 0.333. The minimum Gasteiger partial charge on any atom is -0.486 e. The number of thiazole rings is 6. The van der Waals surface area contributed by atoms with Crippen LogP contribution in [0, 0.1) is 17.5 Å². The monoisotopic (exact) mass is 1610 g/mol. The Kier molecular flexibility index (Phi) is 24.2. The van der Waals surface area contributed by atoms with Crippen molar-refractivity contribution in [3.8, 4) is 68.5 Å². The van der Waals surface area contributed by atoms with E-state index in [0.717, 1.165) is 123 Å². The number of aromatic nitrogens is 12. The van der Waals surface area contributed by atoms with Crippen LogP contribution in [0.5, 0.6) is 5.06 Å². The van der Waals surface area contributed by atoms with Gasteiger partial charge in [0.15, 0.2) is 24.7 Å². The lowest BCUT2D eigenvalue weighted by molar-refractivity contribution is 0.420. The van der Waals surface area contributed by atoms with Crippen molar-refractivity contribution in [2.24, 2.45) is 0 Å². The van der Waals surface area contributed by atoms with E-state index in [2.05, 4.69) is 73.4 Å². The molecule has 0 spiro atoms. The fourth-order valence-corrected chi connectivity index (χ4v) is 21.9. The van der Waals surface area contributed by atoms with E-state index in [-0.39, 0.29) is 17.6 Å². The number of methoxy groups -OCH3 is 1. The van der Waals surface area contributed by atoms with Crippen molar-refractivity contribution in [2.45, 2.75) is 134 Å². The quantitative estimate of drug-likeness (QED) is 0.0724. The second-order valence-electron chi connectivity index (χ2n) is 25.3. The van der Waals surface area contributed by atoms with Crippen molar-refractivity contribution in [3.05, 3.63) is 181 Å². The Bertz CT molecular complexity index is 5130. The molecular weight excluding hydrogens is 1540 g/mol. The van der Waals surface area contributed by atoms with Gasteiger partial charge in [0.1, 0.15) is 60.1 Å². The van der Waals surface area contributed by atoms with Gasteiger partial charge in [0.25, 0.3) is 0 Å². The molecule has 1 unspecified atom stereocenters. The zero-order valence-corrected chi connectivity index (χ0v) is 66.0. The predicted octanol–water partition coefficient (Wildman–Crippen LogP) is 18.9. The maximum Gasteiger partial charge on any atom is 0.197 e. The summed E-state index contributed by atoms with van der Waals surface area (Å²) in [5.41, 5.74) is 11.0. The summed E-state index contributed by atoms with van der Waals surface area (Å²) in [5.74, 6) is 1.87. The van der Waals surface area contributed by atoms with Gasteiger partial charge in [-0.15, -0.1) is 80.2 Å². The molecule has 12 heterocycles. The molecule has 0 amide bonds. The van der Waals surface area contributed by atoms with Crippen LogP contribution in [-0.2, 0) is 30.5 Å². The van der Waals surface area contributed by atoms with Crippen LogP contribution >= 0.6 is 91.5 Å². The van der Waals surface area contributed by atoms with E-state index in [0.29, 0.717) is 53.9 Å². The zero-order chi connectivity index (χ0) is 72.8. The van der Waals surface area contributed by atoms with Crippen LogP contribution in [0.3, 0.4) is 0 Å². The third kappa shape index (κ3) is 19.6. The van der Waals surface area contributed by atoms with Crippen LogP contribution in [0.4, 0.5) is 13.2 Å². The smallest absolute Gasteiger partial charge is 0.197 e. The van der Waals surface area contributed by atoms with E-state index in [1.807, 2.05) is 48.3 Å². The molecule has 0 saturated heterocycles. The van der Waals surface area contributed by atoms with Crippen LogP contribution in [-0.4, -0.2) is 119 Å². The van der Waals surface area contributed by atoms with E-state index in [1.165, 1.54) is 154 Å². The molecule has 0 aromatic carbocycles. The van der Waals surface area contributed by atoms with Crippen LogP contribution in [0.25, 0.3) is 63.4 Å². The molecule has 0 N–H and O–H groups in total. The van der Waals surface area contributed by atoms with Crippen LogP contribution in [0.15, 0.2) is 150 Å². The highest BCUT2D eigenvalue weighted by atomic mass is 32.2. The molecule has 0 aliphatic heterocycles. The Labute approximate surface area is 636 Å². The highest BCUT2D eigenvalue weighted by Crippen LogP contribution is 2.52. The Morgan fingerprint density at radius 2 is 0.702 bits per heavy atom. The van der Waals surface area contributed by atoms with Crippen molar-refractivity contribution >= 4 is 122 Å². The first-order valence-corrected chi connectivity index (χ1v) is 45.8. The zero-order valence-electron chi connectivity index (χ0n) is 57.0. The van der Waals surface area contributed by atoms with Gasteiger partial charge < -0.3 is 4.74 Å². The maximum atomic E-state index is 13.2.